The summed E-state index contributed by atoms with van der Waals surface area (Å²) >= 11 is 1.59. The van der Waals surface area contributed by atoms with E-state index in [9.17, 15) is 4.79 Å². The van der Waals surface area contributed by atoms with E-state index in [-0.39, 0.29) is 5.78 Å². The third-order valence-electron chi connectivity index (χ3n) is 1.43. The fraction of sp³-hybridized carbons (Fsp3) is 0.300. The van der Waals surface area contributed by atoms with Gasteiger partial charge in [0.25, 0.3) is 0 Å². The highest BCUT2D eigenvalue weighted by molar-refractivity contribution is 8.00. The molecule has 0 N–H and O–H groups in total. The minimum atomic E-state index is 0.224. The molecule has 1 nitrogen and oxygen atoms in total. The van der Waals surface area contributed by atoms with Crippen molar-refractivity contribution in [2.24, 2.45) is 0 Å². The van der Waals surface area contributed by atoms with Gasteiger partial charge in [0.15, 0.2) is 0 Å². The van der Waals surface area contributed by atoms with E-state index >= 15 is 0 Å². The maximum Gasteiger partial charge on any atom is 0.140 e. The Balaban J connectivity index is 2.57. The normalized spacial score (nSPS) is 9.83. The van der Waals surface area contributed by atoms with Crippen LogP contribution in [0.1, 0.15) is 12.5 Å². The molecule has 0 saturated carbocycles. The largest absolute Gasteiger partial charge is 0.299 e. The summed E-state index contributed by atoms with van der Waals surface area (Å²) in [5, 5.41) is 0. The van der Waals surface area contributed by atoms with Gasteiger partial charge < -0.3 is 0 Å². The molecule has 0 bridgehead atoms. The van der Waals surface area contributed by atoms with Gasteiger partial charge in [0.1, 0.15) is 5.78 Å². The second kappa shape index (κ2) is 4.31. The van der Waals surface area contributed by atoms with Crippen LogP contribution in [0.2, 0.25) is 0 Å². The van der Waals surface area contributed by atoms with Gasteiger partial charge in [0.2, 0.25) is 0 Å². The lowest BCUT2D eigenvalue weighted by Gasteiger charge is -1.99. The Morgan fingerprint density at radius 3 is 2.83 bits per heavy atom. The molecule has 0 aliphatic rings. The van der Waals surface area contributed by atoms with Gasteiger partial charge in [0, 0.05) is 4.90 Å². The Morgan fingerprint density at radius 2 is 2.25 bits per heavy atom. The summed E-state index contributed by atoms with van der Waals surface area (Å²) in [7, 11) is 0. The molecule has 0 amide bonds. The van der Waals surface area contributed by atoms with Crippen LogP contribution in [0, 0.1) is 6.92 Å². The molecule has 1 aromatic carbocycles. The van der Waals surface area contributed by atoms with Gasteiger partial charge in [-0.05, 0) is 26.0 Å². The molecule has 64 valence electrons. The van der Waals surface area contributed by atoms with Crippen LogP contribution in [0.25, 0.3) is 0 Å². The molecule has 0 spiro atoms. The van der Waals surface area contributed by atoms with Crippen LogP contribution >= 0.6 is 11.8 Å². The topological polar surface area (TPSA) is 17.1 Å². The molecule has 0 aromatic heterocycles. The predicted octanol–water partition coefficient (Wildman–Crippen LogP) is 2.68. The summed E-state index contributed by atoms with van der Waals surface area (Å²) in [6.07, 6.45) is 0. The second-order valence-electron chi connectivity index (χ2n) is 2.81. The Kier molecular flexibility index (Phi) is 3.35. The third-order valence-corrected chi connectivity index (χ3v) is 2.57. The van der Waals surface area contributed by atoms with Gasteiger partial charge in [-0.1, -0.05) is 17.7 Å². The van der Waals surface area contributed by atoms with Crippen molar-refractivity contribution in [1.29, 1.82) is 0 Å². The average molecular weight is 180 g/mol. The van der Waals surface area contributed by atoms with Crippen molar-refractivity contribution in [2.75, 3.05) is 5.75 Å². The molecule has 0 aliphatic heterocycles. The number of rotatable bonds is 3. The number of carbonyl (C=O) groups excluding carboxylic acids is 1. The smallest absolute Gasteiger partial charge is 0.140 e. The van der Waals surface area contributed by atoms with E-state index in [2.05, 4.69) is 19.1 Å². The van der Waals surface area contributed by atoms with E-state index in [0.29, 0.717) is 5.75 Å². The van der Waals surface area contributed by atoms with Crippen LogP contribution in [0.5, 0.6) is 0 Å². The molecule has 0 atom stereocenters. The molecule has 0 unspecified atom stereocenters. The van der Waals surface area contributed by atoms with E-state index in [1.165, 1.54) is 10.5 Å². The fourth-order valence-corrected chi connectivity index (χ4v) is 1.70. The van der Waals surface area contributed by atoms with E-state index in [0.717, 1.165) is 0 Å². The van der Waals surface area contributed by atoms with Gasteiger partial charge >= 0.3 is 0 Å². The van der Waals surface area contributed by atoms with Crippen LogP contribution in [-0.2, 0) is 4.79 Å². The third kappa shape index (κ3) is 3.09. The van der Waals surface area contributed by atoms with Crippen LogP contribution in [0.3, 0.4) is 0 Å². The number of benzene rings is 1. The van der Waals surface area contributed by atoms with E-state index in [1.54, 1.807) is 18.7 Å². The molecule has 0 aliphatic carbocycles. The quantitative estimate of drug-likeness (QED) is 0.665. The van der Waals surface area contributed by atoms with Gasteiger partial charge in [-0.3, -0.25) is 4.79 Å². The summed E-state index contributed by atoms with van der Waals surface area (Å²) in [5.74, 6) is 0.796. The average Bonchev–Trinajstić information content (AvgIpc) is 2.01. The van der Waals surface area contributed by atoms with Gasteiger partial charge in [0.05, 0.1) is 5.75 Å². The van der Waals surface area contributed by atoms with Gasteiger partial charge in [-0.25, -0.2) is 0 Å². The number of Topliss-reactive ketones (excluding diaryl/α,β-unsaturated/α-hetero) is 1. The highest BCUT2D eigenvalue weighted by Crippen LogP contribution is 2.18. The minimum absolute atomic E-state index is 0.224. The number of carbonyl (C=O) groups is 1. The number of thioether (sulfide) groups is 1. The molecule has 0 saturated heterocycles. The Hall–Kier alpha value is -0.760. The zero-order valence-corrected chi connectivity index (χ0v) is 8.15. The molecule has 12 heavy (non-hydrogen) atoms. The van der Waals surface area contributed by atoms with Crippen LogP contribution in [0.4, 0.5) is 0 Å². The van der Waals surface area contributed by atoms with Crippen molar-refractivity contribution >= 4 is 17.5 Å². The zero-order chi connectivity index (χ0) is 8.97. The lowest BCUT2D eigenvalue weighted by molar-refractivity contribution is -0.114. The molecule has 0 fully saturated rings. The Labute approximate surface area is 77.2 Å². The lowest BCUT2D eigenvalue weighted by atomic mass is 10.2. The Bertz CT molecular complexity index is 281. The minimum Gasteiger partial charge on any atom is -0.299 e. The van der Waals surface area contributed by atoms with E-state index in [1.807, 2.05) is 12.1 Å². The molecule has 1 rings (SSSR count). The maximum absolute atomic E-state index is 10.7. The summed E-state index contributed by atoms with van der Waals surface area (Å²) in [4.78, 5) is 11.9. The summed E-state index contributed by atoms with van der Waals surface area (Å²) in [5.41, 5.74) is 1.24. The number of aryl methyl sites for hydroxylation is 1. The summed E-state index contributed by atoms with van der Waals surface area (Å²) in [6, 6.07) is 8.18. The van der Waals surface area contributed by atoms with Crippen molar-refractivity contribution in [1.82, 2.24) is 0 Å². The maximum atomic E-state index is 10.7. The number of hydrogen-bond acceptors (Lipinski definition) is 2. The van der Waals surface area contributed by atoms with Gasteiger partial charge in [-0.15, -0.1) is 11.8 Å². The van der Waals surface area contributed by atoms with Gasteiger partial charge in [-0.2, -0.15) is 0 Å². The van der Waals surface area contributed by atoms with Crippen molar-refractivity contribution in [2.45, 2.75) is 18.7 Å². The van der Waals surface area contributed by atoms with Crippen molar-refractivity contribution in [3.05, 3.63) is 29.8 Å². The monoisotopic (exact) mass is 180 g/mol. The molecule has 0 heterocycles. The molecular weight excluding hydrogens is 168 g/mol. The van der Waals surface area contributed by atoms with Crippen LogP contribution in [-0.4, -0.2) is 11.5 Å². The van der Waals surface area contributed by atoms with E-state index < -0.39 is 0 Å². The number of hydrogen-bond donors (Lipinski definition) is 0. The van der Waals surface area contributed by atoms with Crippen molar-refractivity contribution < 1.29 is 4.79 Å². The first-order valence-corrected chi connectivity index (χ1v) is 4.86. The standard InChI is InChI=1S/C10H12OS/c1-8-4-3-5-10(6-8)12-7-9(2)11/h3-6H,7H2,1-2H3. The second-order valence-corrected chi connectivity index (χ2v) is 3.86. The molecule has 2 heteroatoms. The van der Waals surface area contributed by atoms with Crippen LogP contribution < -0.4 is 0 Å². The summed E-state index contributed by atoms with van der Waals surface area (Å²) < 4.78 is 0. The molecule has 0 radical (unpaired) electrons. The lowest BCUT2D eigenvalue weighted by Crippen LogP contribution is -1.92. The first-order chi connectivity index (χ1) is 5.68. The summed E-state index contributed by atoms with van der Waals surface area (Å²) in [6.45, 7) is 3.67. The predicted molar refractivity (Wildman–Crippen MR) is 52.6 cm³/mol. The first-order valence-electron chi connectivity index (χ1n) is 3.87. The molecular formula is C10H12OS. The number of ketones is 1. The Morgan fingerprint density at radius 1 is 1.50 bits per heavy atom. The van der Waals surface area contributed by atoms with Crippen LogP contribution in [0.15, 0.2) is 29.2 Å². The van der Waals surface area contributed by atoms with Crippen molar-refractivity contribution in [3.63, 3.8) is 0 Å². The zero-order valence-electron chi connectivity index (χ0n) is 7.33. The van der Waals surface area contributed by atoms with E-state index in [4.69, 9.17) is 0 Å². The fourth-order valence-electron chi connectivity index (χ4n) is 0.890. The first kappa shape index (κ1) is 9.33. The highest BCUT2D eigenvalue weighted by Gasteiger charge is 1.96. The molecule has 1 aromatic rings. The SMILES string of the molecule is CC(=O)CSc1cccc(C)c1. The highest BCUT2D eigenvalue weighted by atomic mass is 32.2. The van der Waals surface area contributed by atoms with Crippen molar-refractivity contribution in [3.8, 4) is 0 Å².